The first-order valence-electron chi connectivity index (χ1n) is 9.05. The first-order chi connectivity index (χ1) is 13.6. The molecule has 1 aromatic heterocycles. The third-order valence-electron chi connectivity index (χ3n) is 4.45. The van der Waals surface area contributed by atoms with E-state index in [4.69, 9.17) is 6.42 Å². The number of terminal acetylenes is 1. The third kappa shape index (κ3) is 5.48. The average molecular weight is 375 g/mol. The van der Waals surface area contributed by atoms with Crippen molar-refractivity contribution in [2.24, 2.45) is 10.2 Å². The lowest BCUT2D eigenvalue weighted by molar-refractivity contribution is -0.121. The molecule has 0 spiro atoms. The summed E-state index contributed by atoms with van der Waals surface area (Å²) in [5, 5.41) is 13.7. The zero-order valence-electron chi connectivity index (χ0n) is 15.4. The van der Waals surface area contributed by atoms with E-state index in [0.717, 1.165) is 5.56 Å². The Bertz CT molecular complexity index is 895. The summed E-state index contributed by atoms with van der Waals surface area (Å²) >= 11 is 0. The molecule has 0 fully saturated rings. The van der Waals surface area contributed by atoms with E-state index in [0.29, 0.717) is 43.5 Å². The number of pyridine rings is 1. The molecular weight excluding hydrogens is 354 g/mol. The van der Waals surface area contributed by atoms with Crippen LogP contribution in [0.2, 0.25) is 0 Å². The van der Waals surface area contributed by atoms with Gasteiger partial charge in [0.25, 0.3) is 5.91 Å². The topological polar surface area (TPSA) is 95.8 Å². The number of nitrogens with one attached hydrogen (secondary N) is 2. The number of aromatic nitrogens is 1. The predicted molar refractivity (Wildman–Crippen MR) is 105 cm³/mol. The van der Waals surface area contributed by atoms with Gasteiger partial charge < -0.3 is 10.6 Å². The number of amides is 2. The van der Waals surface area contributed by atoms with E-state index in [1.807, 2.05) is 12.1 Å². The van der Waals surface area contributed by atoms with Crippen molar-refractivity contribution in [3.05, 3.63) is 59.9 Å². The van der Waals surface area contributed by atoms with Gasteiger partial charge in [-0.15, -0.1) is 12.3 Å². The van der Waals surface area contributed by atoms with E-state index in [1.54, 1.807) is 36.7 Å². The van der Waals surface area contributed by atoms with Gasteiger partial charge in [-0.3, -0.25) is 14.6 Å². The molecule has 3 rings (SSSR count). The highest BCUT2D eigenvalue weighted by molar-refractivity contribution is 6.04. The molecule has 2 aromatic rings. The zero-order valence-corrected chi connectivity index (χ0v) is 15.4. The molecule has 2 N–H and O–H groups in total. The van der Waals surface area contributed by atoms with Crippen LogP contribution in [-0.2, 0) is 11.3 Å². The van der Waals surface area contributed by atoms with Gasteiger partial charge in [0.2, 0.25) is 5.91 Å². The van der Waals surface area contributed by atoms with Crippen molar-refractivity contribution >= 4 is 17.5 Å². The maximum absolute atomic E-state index is 12.2. The van der Waals surface area contributed by atoms with Gasteiger partial charge in [-0.25, -0.2) is 0 Å². The van der Waals surface area contributed by atoms with Gasteiger partial charge in [-0.1, -0.05) is 12.1 Å². The van der Waals surface area contributed by atoms with E-state index in [2.05, 4.69) is 31.8 Å². The largest absolute Gasteiger partial charge is 0.352 e. The molecule has 0 saturated heterocycles. The summed E-state index contributed by atoms with van der Waals surface area (Å²) < 4.78 is 0. The number of nitrogens with zero attached hydrogens (tertiary/aromatic N) is 3. The Labute approximate surface area is 163 Å². The summed E-state index contributed by atoms with van der Waals surface area (Å²) in [6.45, 7) is 0.400. The summed E-state index contributed by atoms with van der Waals surface area (Å²) in [4.78, 5) is 28.2. The number of hydrogen-bond donors (Lipinski definition) is 2. The molecule has 0 radical (unpaired) electrons. The highest BCUT2D eigenvalue weighted by atomic mass is 16.2. The van der Waals surface area contributed by atoms with Gasteiger partial charge in [0, 0.05) is 55.9 Å². The Morgan fingerprint density at radius 3 is 2.39 bits per heavy atom. The fourth-order valence-electron chi connectivity index (χ4n) is 2.68. The zero-order chi connectivity index (χ0) is 19.8. The first kappa shape index (κ1) is 19.2. The van der Waals surface area contributed by atoms with Crippen molar-refractivity contribution in [3.8, 4) is 12.3 Å². The van der Waals surface area contributed by atoms with Crippen LogP contribution in [0.3, 0.4) is 0 Å². The van der Waals surface area contributed by atoms with E-state index in [-0.39, 0.29) is 11.8 Å². The average Bonchev–Trinajstić information content (AvgIpc) is 3.50. The quantitative estimate of drug-likeness (QED) is 0.658. The fourth-order valence-corrected chi connectivity index (χ4v) is 2.68. The van der Waals surface area contributed by atoms with E-state index >= 15 is 0 Å². The second-order valence-electron chi connectivity index (χ2n) is 6.55. The molecule has 2 heterocycles. The van der Waals surface area contributed by atoms with Crippen LogP contribution in [0.1, 0.15) is 41.6 Å². The minimum absolute atomic E-state index is 0.0584. The number of carbonyl (C=O) groups is 2. The molecule has 1 aliphatic rings. The maximum Gasteiger partial charge on any atom is 0.255 e. The summed E-state index contributed by atoms with van der Waals surface area (Å²) in [5.74, 6) is 2.32. The van der Waals surface area contributed by atoms with Crippen LogP contribution in [0.25, 0.3) is 0 Å². The van der Waals surface area contributed by atoms with Crippen LogP contribution in [0.4, 0.5) is 5.69 Å². The highest BCUT2D eigenvalue weighted by Gasteiger charge is 2.39. The van der Waals surface area contributed by atoms with Crippen molar-refractivity contribution < 1.29 is 9.59 Å². The second kappa shape index (κ2) is 8.91. The van der Waals surface area contributed by atoms with Gasteiger partial charge in [0.1, 0.15) is 0 Å². The van der Waals surface area contributed by atoms with E-state index in [9.17, 15) is 9.59 Å². The molecule has 142 valence electrons. The number of anilines is 1. The second-order valence-corrected chi connectivity index (χ2v) is 6.55. The predicted octanol–water partition coefficient (Wildman–Crippen LogP) is 3.31. The highest BCUT2D eigenvalue weighted by Crippen LogP contribution is 2.37. The van der Waals surface area contributed by atoms with Crippen LogP contribution in [0.5, 0.6) is 0 Å². The van der Waals surface area contributed by atoms with Crippen LogP contribution < -0.4 is 10.6 Å². The smallest absolute Gasteiger partial charge is 0.255 e. The van der Waals surface area contributed by atoms with Crippen LogP contribution >= 0.6 is 0 Å². The van der Waals surface area contributed by atoms with Crippen molar-refractivity contribution in [1.29, 1.82) is 0 Å². The van der Waals surface area contributed by atoms with Gasteiger partial charge in [-0.2, -0.15) is 10.2 Å². The number of hydrogen-bond acceptors (Lipinski definition) is 5. The van der Waals surface area contributed by atoms with Crippen molar-refractivity contribution in [2.45, 2.75) is 37.9 Å². The normalized spacial score (nSPS) is 13.4. The van der Waals surface area contributed by atoms with Gasteiger partial charge >= 0.3 is 0 Å². The molecule has 7 heteroatoms. The molecular formula is C21H21N5O2. The summed E-state index contributed by atoms with van der Waals surface area (Å²) in [6, 6.07) is 10.5. The molecule has 1 aromatic carbocycles. The van der Waals surface area contributed by atoms with Crippen molar-refractivity contribution in [1.82, 2.24) is 10.3 Å². The first-order valence-corrected chi connectivity index (χ1v) is 9.05. The Balaban J connectivity index is 1.42. The standard InChI is InChI=1S/C21H21N5O2/c1-2-3-11-21(25-26-21)12-8-19(27)23-15-16-4-6-17(7-5-16)20(28)24-18-9-13-22-14-10-18/h1,4-7,9-10,13-14H,3,8,11-12,15H2,(H,23,27)(H,22,24,28). The Hall–Kier alpha value is -3.53. The van der Waals surface area contributed by atoms with Gasteiger partial charge in [0.05, 0.1) is 0 Å². The lowest BCUT2D eigenvalue weighted by Gasteiger charge is -2.10. The van der Waals surface area contributed by atoms with Gasteiger partial charge in [-0.05, 0) is 29.8 Å². The molecule has 0 atom stereocenters. The molecule has 0 aliphatic carbocycles. The monoisotopic (exact) mass is 375 g/mol. The molecule has 0 bridgehead atoms. The Morgan fingerprint density at radius 2 is 1.75 bits per heavy atom. The Kier molecular flexibility index (Phi) is 6.12. The summed E-state index contributed by atoms with van der Waals surface area (Å²) in [7, 11) is 0. The SMILES string of the molecule is C#CCCC1(CCC(=O)NCc2ccc(C(=O)Nc3ccncc3)cc2)N=N1. The fraction of sp³-hybridized carbons (Fsp3) is 0.286. The molecule has 2 amide bonds. The summed E-state index contributed by atoms with van der Waals surface area (Å²) in [5.41, 5.74) is 1.70. The molecule has 28 heavy (non-hydrogen) atoms. The molecule has 7 nitrogen and oxygen atoms in total. The van der Waals surface area contributed by atoms with Crippen LogP contribution in [0, 0.1) is 12.3 Å². The number of benzene rings is 1. The minimum atomic E-state index is -0.437. The van der Waals surface area contributed by atoms with Crippen molar-refractivity contribution in [3.63, 3.8) is 0 Å². The summed E-state index contributed by atoms with van der Waals surface area (Å²) in [6.07, 6.45) is 10.7. The third-order valence-corrected chi connectivity index (χ3v) is 4.45. The number of carbonyl (C=O) groups excluding carboxylic acids is 2. The molecule has 0 saturated carbocycles. The Morgan fingerprint density at radius 1 is 1.04 bits per heavy atom. The van der Waals surface area contributed by atoms with Crippen LogP contribution in [-0.4, -0.2) is 22.5 Å². The minimum Gasteiger partial charge on any atom is -0.352 e. The lowest BCUT2D eigenvalue weighted by atomic mass is 10.0. The van der Waals surface area contributed by atoms with E-state index in [1.165, 1.54) is 0 Å². The van der Waals surface area contributed by atoms with Gasteiger partial charge in [0.15, 0.2) is 5.66 Å². The van der Waals surface area contributed by atoms with Crippen LogP contribution in [0.15, 0.2) is 59.0 Å². The van der Waals surface area contributed by atoms with Crippen molar-refractivity contribution in [2.75, 3.05) is 5.32 Å². The molecule has 0 unspecified atom stereocenters. The van der Waals surface area contributed by atoms with E-state index < -0.39 is 5.66 Å². The maximum atomic E-state index is 12.2. The molecule has 1 aliphatic heterocycles. The number of rotatable bonds is 9. The lowest BCUT2D eigenvalue weighted by Crippen LogP contribution is -2.24.